The minimum Gasteiger partial charge on any atom is -0.301 e. The van der Waals surface area contributed by atoms with Crippen molar-refractivity contribution in [2.75, 3.05) is 5.32 Å². The number of carbonyl (C=O) groups excluding carboxylic acids is 1. The van der Waals surface area contributed by atoms with Crippen LogP contribution in [-0.2, 0) is 4.79 Å². The van der Waals surface area contributed by atoms with Crippen molar-refractivity contribution in [2.24, 2.45) is 0 Å². The monoisotopic (exact) mass is 418 g/mol. The van der Waals surface area contributed by atoms with Crippen molar-refractivity contribution >= 4 is 64.5 Å². The molecule has 0 radical (unpaired) electrons. The summed E-state index contributed by atoms with van der Waals surface area (Å²) in [5.41, 5.74) is 2.17. The lowest BCUT2D eigenvalue weighted by Gasteiger charge is -2.06. The number of nitrogens with one attached hydrogen (secondary N) is 1. The van der Waals surface area contributed by atoms with Crippen LogP contribution in [0.1, 0.15) is 38.7 Å². The molecule has 108 valence electrons. The second kappa shape index (κ2) is 6.54. The van der Waals surface area contributed by atoms with Gasteiger partial charge >= 0.3 is 0 Å². The van der Waals surface area contributed by atoms with E-state index in [1.807, 2.05) is 13.0 Å². The molecule has 1 aromatic heterocycles. The van der Waals surface area contributed by atoms with Crippen LogP contribution in [0.25, 0.3) is 10.2 Å². The molecule has 2 aromatic rings. The Balaban J connectivity index is 2.38. The van der Waals surface area contributed by atoms with E-state index >= 15 is 0 Å². The summed E-state index contributed by atoms with van der Waals surface area (Å²) in [5.74, 6) is 0.344. The number of nitrogens with zero attached hydrogens (tertiary/aromatic N) is 1. The van der Waals surface area contributed by atoms with E-state index in [2.05, 4.69) is 62.1 Å². The molecule has 2 rings (SSSR count). The zero-order chi connectivity index (χ0) is 14.9. The maximum Gasteiger partial charge on any atom is 0.239 e. The van der Waals surface area contributed by atoms with Crippen molar-refractivity contribution < 1.29 is 4.79 Å². The van der Waals surface area contributed by atoms with Gasteiger partial charge in [0.1, 0.15) is 0 Å². The Kier molecular flexibility index (Phi) is 5.20. The standard InChI is InChI=1S/C14H16Br2N2OS/c1-4-10(16)13(19)18-14-17-12-9(7(2)3)5-8(15)6-11(12)20-14/h5-7,10H,4H2,1-3H3,(H,17,18,19). The second-order valence-corrected chi connectivity index (χ2v) is 7.93. The van der Waals surface area contributed by atoms with Gasteiger partial charge in [-0.25, -0.2) is 4.98 Å². The van der Waals surface area contributed by atoms with Crippen LogP contribution in [0.5, 0.6) is 0 Å². The van der Waals surface area contributed by atoms with Crippen molar-refractivity contribution in [2.45, 2.75) is 37.9 Å². The number of fused-ring (bicyclic) bond motifs is 1. The molecule has 0 aliphatic heterocycles. The Labute approximate surface area is 139 Å². The number of anilines is 1. The Morgan fingerprint density at radius 1 is 1.45 bits per heavy atom. The SMILES string of the molecule is CCC(Br)C(=O)Nc1nc2c(C(C)C)cc(Br)cc2s1. The fourth-order valence-corrected chi connectivity index (χ4v) is 3.57. The van der Waals surface area contributed by atoms with Gasteiger partial charge in [0.05, 0.1) is 15.0 Å². The van der Waals surface area contributed by atoms with Gasteiger partial charge in [-0.1, -0.05) is 64.0 Å². The molecule has 0 aliphatic rings. The number of hydrogen-bond donors (Lipinski definition) is 1. The molecular weight excluding hydrogens is 404 g/mol. The van der Waals surface area contributed by atoms with Gasteiger partial charge < -0.3 is 5.32 Å². The smallest absolute Gasteiger partial charge is 0.239 e. The maximum absolute atomic E-state index is 11.9. The highest BCUT2D eigenvalue weighted by molar-refractivity contribution is 9.10. The highest BCUT2D eigenvalue weighted by Crippen LogP contribution is 2.34. The first-order chi connectivity index (χ1) is 9.42. The first-order valence-corrected chi connectivity index (χ1v) is 8.99. The van der Waals surface area contributed by atoms with E-state index in [1.54, 1.807) is 0 Å². The molecule has 0 bridgehead atoms. The molecule has 1 atom stereocenters. The predicted octanol–water partition coefficient (Wildman–Crippen LogP) is 5.29. The van der Waals surface area contributed by atoms with Crippen molar-refractivity contribution in [3.8, 4) is 0 Å². The van der Waals surface area contributed by atoms with E-state index in [-0.39, 0.29) is 10.7 Å². The van der Waals surface area contributed by atoms with Crippen molar-refractivity contribution in [3.05, 3.63) is 22.2 Å². The number of rotatable bonds is 4. The minimum absolute atomic E-state index is 0.0447. The van der Waals surface area contributed by atoms with Crippen LogP contribution in [0.2, 0.25) is 0 Å². The van der Waals surface area contributed by atoms with Gasteiger partial charge in [0, 0.05) is 4.47 Å². The van der Waals surface area contributed by atoms with E-state index < -0.39 is 0 Å². The quantitative estimate of drug-likeness (QED) is 0.683. The molecule has 1 N–H and O–H groups in total. The van der Waals surface area contributed by atoms with E-state index in [4.69, 9.17) is 0 Å². The van der Waals surface area contributed by atoms with Crippen molar-refractivity contribution in [1.82, 2.24) is 4.98 Å². The molecule has 1 aromatic carbocycles. The highest BCUT2D eigenvalue weighted by Gasteiger charge is 2.16. The number of alkyl halides is 1. The molecule has 0 saturated heterocycles. The van der Waals surface area contributed by atoms with Crippen LogP contribution < -0.4 is 5.32 Å². The molecule has 0 saturated carbocycles. The zero-order valence-electron chi connectivity index (χ0n) is 11.5. The van der Waals surface area contributed by atoms with Crippen LogP contribution in [0.15, 0.2) is 16.6 Å². The molecule has 1 amide bonds. The summed E-state index contributed by atoms with van der Waals surface area (Å²) in [4.78, 5) is 16.3. The van der Waals surface area contributed by atoms with Gasteiger partial charge in [-0.3, -0.25) is 4.79 Å². The molecule has 3 nitrogen and oxygen atoms in total. The van der Waals surface area contributed by atoms with Gasteiger partial charge in [0.2, 0.25) is 5.91 Å². The molecule has 1 heterocycles. The molecule has 0 fully saturated rings. The summed E-state index contributed by atoms with van der Waals surface area (Å²) >= 11 is 8.39. The number of carbonyl (C=O) groups is 1. The molecule has 6 heteroatoms. The highest BCUT2D eigenvalue weighted by atomic mass is 79.9. The number of thiazole rings is 1. The fourth-order valence-electron chi connectivity index (χ4n) is 1.88. The Morgan fingerprint density at radius 2 is 2.15 bits per heavy atom. The fraction of sp³-hybridized carbons (Fsp3) is 0.429. The molecule has 0 aliphatic carbocycles. The van der Waals surface area contributed by atoms with Gasteiger partial charge in [-0.2, -0.15) is 0 Å². The third-order valence-electron chi connectivity index (χ3n) is 2.98. The first kappa shape index (κ1) is 15.9. The van der Waals surface area contributed by atoms with E-state index in [0.717, 1.165) is 21.1 Å². The van der Waals surface area contributed by atoms with E-state index in [0.29, 0.717) is 11.0 Å². The Morgan fingerprint density at radius 3 is 2.75 bits per heavy atom. The summed E-state index contributed by atoms with van der Waals surface area (Å²) in [7, 11) is 0. The maximum atomic E-state index is 11.9. The van der Waals surface area contributed by atoms with Crippen LogP contribution in [0, 0.1) is 0 Å². The number of halogens is 2. The van der Waals surface area contributed by atoms with Crippen LogP contribution in [-0.4, -0.2) is 15.7 Å². The third kappa shape index (κ3) is 3.40. The largest absolute Gasteiger partial charge is 0.301 e. The minimum atomic E-state index is -0.175. The van der Waals surface area contributed by atoms with E-state index in [1.165, 1.54) is 16.9 Å². The summed E-state index contributed by atoms with van der Waals surface area (Å²) < 4.78 is 2.13. The average molecular weight is 420 g/mol. The lowest BCUT2D eigenvalue weighted by Crippen LogP contribution is -2.21. The van der Waals surface area contributed by atoms with Crippen LogP contribution >= 0.6 is 43.2 Å². The normalized spacial score (nSPS) is 12.9. The van der Waals surface area contributed by atoms with Gasteiger partial charge in [-0.05, 0) is 30.0 Å². The number of benzene rings is 1. The number of aromatic nitrogens is 1. The van der Waals surface area contributed by atoms with Gasteiger partial charge in [-0.15, -0.1) is 0 Å². The van der Waals surface area contributed by atoms with Crippen molar-refractivity contribution in [3.63, 3.8) is 0 Å². The zero-order valence-corrected chi connectivity index (χ0v) is 15.5. The molecule has 20 heavy (non-hydrogen) atoms. The van der Waals surface area contributed by atoms with Gasteiger partial charge in [0.25, 0.3) is 0 Å². The van der Waals surface area contributed by atoms with E-state index in [9.17, 15) is 4.79 Å². The summed E-state index contributed by atoms with van der Waals surface area (Å²) in [6.45, 7) is 6.25. The Hall–Kier alpha value is -0.460. The molecular formula is C14H16Br2N2OS. The topological polar surface area (TPSA) is 42.0 Å². The summed E-state index contributed by atoms with van der Waals surface area (Å²) in [6, 6.07) is 4.14. The predicted molar refractivity (Wildman–Crippen MR) is 93.0 cm³/mol. The lowest BCUT2D eigenvalue weighted by atomic mass is 10.0. The average Bonchev–Trinajstić information content (AvgIpc) is 2.78. The lowest BCUT2D eigenvalue weighted by molar-refractivity contribution is -0.115. The summed E-state index contributed by atoms with van der Waals surface area (Å²) in [5, 5.41) is 3.53. The van der Waals surface area contributed by atoms with Crippen molar-refractivity contribution in [1.29, 1.82) is 0 Å². The summed E-state index contributed by atoms with van der Waals surface area (Å²) in [6.07, 6.45) is 0.750. The first-order valence-electron chi connectivity index (χ1n) is 6.47. The molecule has 1 unspecified atom stereocenters. The number of hydrogen-bond acceptors (Lipinski definition) is 3. The third-order valence-corrected chi connectivity index (χ3v) is 5.42. The van der Waals surface area contributed by atoms with Gasteiger partial charge in [0.15, 0.2) is 5.13 Å². The number of amides is 1. The van der Waals surface area contributed by atoms with Crippen LogP contribution in [0.3, 0.4) is 0 Å². The van der Waals surface area contributed by atoms with Crippen LogP contribution in [0.4, 0.5) is 5.13 Å². The Bertz CT molecular complexity index is 639. The molecule has 0 spiro atoms. The second-order valence-electron chi connectivity index (χ2n) is 4.88.